The van der Waals surface area contributed by atoms with Crippen molar-refractivity contribution in [3.05, 3.63) is 0 Å². The molecular formula is C6H11K2O9P. The molecule has 4 N–H and O–H groups in total. The van der Waals surface area contributed by atoms with Gasteiger partial charge < -0.3 is 44.0 Å². The fourth-order valence-electron chi connectivity index (χ4n) is 1.28. The molecule has 12 heteroatoms. The normalized spacial score (nSPS) is 36.4. The summed E-state index contributed by atoms with van der Waals surface area (Å²) in [7, 11) is -5.41. The van der Waals surface area contributed by atoms with Crippen molar-refractivity contribution in [3.63, 3.8) is 0 Å². The van der Waals surface area contributed by atoms with E-state index in [9.17, 15) is 29.7 Å². The van der Waals surface area contributed by atoms with Crippen molar-refractivity contribution in [1.82, 2.24) is 0 Å². The van der Waals surface area contributed by atoms with E-state index in [0.717, 1.165) is 0 Å². The van der Waals surface area contributed by atoms with E-state index in [4.69, 9.17) is 5.11 Å². The summed E-state index contributed by atoms with van der Waals surface area (Å²) >= 11 is 0. The molecular weight excluding hydrogens is 331 g/mol. The number of rotatable bonds is 3. The first kappa shape index (κ1) is 23.4. The SMILES string of the molecule is O=P([O-])([O-])O[13C@H]1O[13C@H]([13CH2]O)[13C@H](O)[13C@H](O)[13C@H]1O.[K+].[K+]. The maximum atomic E-state index is 10.3. The van der Waals surface area contributed by atoms with Crippen LogP contribution in [0.5, 0.6) is 0 Å². The first-order valence-corrected chi connectivity index (χ1v) is 5.73. The van der Waals surface area contributed by atoms with Gasteiger partial charge in [0.15, 0.2) is 6.29 Å². The fourth-order valence-corrected chi connectivity index (χ4v) is 1.71. The Hall–Kier alpha value is 3.18. The van der Waals surface area contributed by atoms with Crippen LogP contribution in [0, 0.1) is 0 Å². The van der Waals surface area contributed by atoms with Gasteiger partial charge in [0.2, 0.25) is 0 Å². The van der Waals surface area contributed by atoms with Crippen molar-refractivity contribution in [3.8, 4) is 0 Å². The van der Waals surface area contributed by atoms with E-state index >= 15 is 0 Å². The van der Waals surface area contributed by atoms with Crippen LogP contribution in [0.3, 0.4) is 0 Å². The van der Waals surface area contributed by atoms with Crippen LogP contribution in [0.4, 0.5) is 0 Å². The van der Waals surface area contributed by atoms with Gasteiger partial charge in [-0.15, -0.1) is 0 Å². The van der Waals surface area contributed by atoms with E-state index in [0.29, 0.717) is 0 Å². The van der Waals surface area contributed by atoms with Gasteiger partial charge in [-0.3, -0.25) is 0 Å². The number of hydrogen-bond acceptors (Lipinski definition) is 9. The topological polar surface area (TPSA) is 163 Å². The molecule has 9 nitrogen and oxygen atoms in total. The molecule has 0 bridgehead atoms. The van der Waals surface area contributed by atoms with Gasteiger partial charge >= 0.3 is 103 Å². The van der Waals surface area contributed by atoms with Crippen molar-refractivity contribution < 1.29 is 147 Å². The Morgan fingerprint density at radius 3 is 2.00 bits per heavy atom. The number of phosphoric ester groups is 1. The molecule has 0 aromatic carbocycles. The van der Waals surface area contributed by atoms with Crippen LogP contribution in [0.25, 0.3) is 0 Å². The Morgan fingerprint density at radius 1 is 1.11 bits per heavy atom. The molecule has 1 saturated heterocycles. The summed E-state index contributed by atoms with van der Waals surface area (Å²) in [5.74, 6) is 0. The van der Waals surface area contributed by atoms with Gasteiger partial charge in [-0.1, -0.05) is 0 Å². The average molecular weight is 342 g/mol. The van der Waals surface area contributed by atoms with Crippen LogP contribution >= 0.6 is 7.82 Å². The molecule has 1 aliphatic heterocycles. The number of aliphatic hydroxyl groups excluding tert-OH is 4. The molecule has 96 valence electrons. The third-order valence-corrected chi connectivity index (χ3v) is 2.55. The summed E-state index contributed by atoms with van der Waals surface area (Å²) in [6.45, 7) is -0.743. The molecule has 1 rings (SSSR count). The minimum Gasteiger partial charge on any atom is -0.790 e. The Labute approximate surface area is 188 Å². The van der Waals surface area contributed by atoms with Crippen LogP contribution in [-0.4, -0.2) is 57.7 Å². The number of phosphoric acid groups is 1. The second kappa shape index (κ2) is 10.1. The minimum atomic E-state index is -5.41. The van der Waals surface area contributed by atoms with E-state index < -0.39 is 45.1 Å². The van der Waals surface area contributed by atoms with Crippen LogP contribution in [0.1, 0.15) is 0 Å². The Balaban J connectivity index is 0. The first-order chi connectivity index (χ1) is 7.26. The van der Waals surface area contributed by atoms with Gasteiger partial charge in [0.1, 0.15) is 24.4 Å². The molecule has 0 saturated carbocycles. The molecule has 0 amide bonds. The van der Waals surface area contributed by atoms with Crippen LogP contribution in [0.15, 0.2) is 0 Å². The second-order valence-corrected chi connectivity index (χ2v) is 4.36. The summed E-state index contributed by atoms with van der Waals surface area (Å²) in [4.78, 5) is 20.6. The van der Waals surface area contributed by atoms with Gasteiger partial charge in [0, 0.05) is 0 Å². The molecule has 18 heavy (non-hydrogen) atoms. The smallest absolute Gasteiger partial charge is 0.790 e. The quantitative estimate of drug-likeness (QED) is 0.221. The van der Waals surface area contributed by atoms with E-state index in [1.165, 1.54) is 0 Å². The monoisotopic (exact) mass is 342 g/mol. The van der Waals surface area contributed by atoms with Crippen molar-refractivity contribution in [1.29, 1.82) is 0 Å². The Kier molecular flexibility index (Phi) is 13.1. The predicted octanol–water partition coefficient (Wildman–Crippen LogP) is -10.4. The van der Waals surface area contributed by atoms with Gasteiger partial charge in [0.25, 0.3) is 0 Å². The third kappa shape index (κ3) is 6.96. The largest absolute Gasteiger partial charge is 1.00 e. The second-order valence-electron chi connectivity index (χ2n) is 3.25. The van der Waals surface area contributed by atoms with Crippen molar-refractivity contribution >= 4 is 7.82 Å². The Bertz CT molecular complexity index is 284. The van der Waals surface area contributed by atoms with Crippen LogP contribution in [-0.2, 0) is 13.8 Å². The first-order valence-electron chi connectivity index (χ1n) is 4.27. The third-order valence-electron chi connectivity index (χ3n) is 2.08. The molecule has 0 aliphatic carbocycles. The zero-order valence-corrected chi connectivity index (χ0v) is 17.0. The van der Waals surface area contributed by atoms with Crippen molar-refractivity contribution in [2.24, 2.45) is 0 Å². The number of aliphatic hydroxyl groups is 4. The summed E-state index contributed by atoms with van der Waals surface area (Å²) in [6, 6.07) is 0. The molecule has 0 radical (unpaired) electrons. The Morgan fingerprint density at radius 2 is 1.61 bits per heavy atom. The van der Waals surface area contributed by atoms with E-state index in [-0.39, 0.29) is 103 Å². The maximum Gasteiger partial charge on any atom is 1.00 e. The molecule has 0 aromatic rings. The molecule has 0 aromatic heterocycles. The van der Waals surface area contributed by atoms with Crippen LogP contribution < -0.4 is 113 Å². The van der Waals surface area contributed by atoms with Gasteiger partial charge in [0.05, 0.1) is 14.4 Å². The van der Waals surface area contributed by atoms with Crippen LogP contribution in [0.2, 0.25) is 0 Å². The van der Waals surface area contributed by atoms with E-state index in [1.54, 1.807) is 0 Å². The molecule has 1 fully saturated rings. The fraction of sp³-hybridized carbons (Fsp3) is 1.00. The van der Waals surface area contributed by atoms with Gasteiger partial charge in [-0.05, 0) is 0 Å². The summed E-state index contributed by atoms with van der Waals surface area (Å²) in [6.07, 6.45) is -8.61. The maximum absolute atomic E-state index is 10.3. The zero-order chi connectivity index (χ0) is 12.5. The van der Waals surface area contributed by atoms with Gasteiger partial charge in [-0.25, -0.2) is 0 Å². The van der Waals surface area contributed by atoms with Crippen molar-refractivity contribution in [2.45, 2.75) is 30.7 Å². The standard InChI is InChI=1S/C6H13O9P.2K/c7-1-2-3(8)4(9)5(10)6(14-2)15-16(11,12)13;;/h2-10H,1H2,(H2,11,12,13);;/q;2*+1/p-2/t2-,3+,4+,5-,6-;;/m1../s1/i1+1,2+1,3+1,4+1,5+1,6+1;;. The molecule has 1 aliphatic rings. The molecule has 5 atom stereocenters. The molecule has 1 heterocycles. The number of ether oxygens (including phenoxy) is 1. The molecule has 0 spiro atoms. The van der Waals surface area contributed by atoms with E-state index in [2.05, 4.69) is 9.26 Å². The summed E-state index contributed by atoms with van der Waals surface area (Å²) < 4.78 is 18.7. The van der Waals surface area contributed by atoms with Crippen molar-refractivity contribution in [2.75, 3.05) is 6.61 Å². The minimum absolute atomic E-state index is 0. The average Bonchev–Trinajstić information content (AvgIpc) is 2.17. The zero-order valence-electron chi connectivity index (χ0n) is 9.87. The van der Waals surface area contributed by atoms with Gasteiger partial charge in [-0.2, -0.15) is 0 Å². The predicted molar refractivity (Wildman–Crippen MR) is 42.5 cm³/mol. The summed E-state index contributed by atoms with van der Waals surface area (Å²) in [5, 5.41) is 36.5. The molecule has 0 unspecified atom stereocenters. The summed E-state index contributed by atoms with van der Waals surface area (Å²) in [5.41, 5.74) is 0. The van der Waals surface area contributed by atoms with E-state index in [1.807, 2.05) is 0 Å². The number of hydrogen-bond donors (Lipinski definition) is 4.